The van der Waals surface area contributed by atoms with Gasteiger partial charge in [0.15, 0.2) is 11.3 Å². The number of carbonyl (C=O) groups is 1. The van der Waals surface area contributed by atoms with Crippen molar-refractivity contribution in [3.8, 4) is 0 Å². The Morgan fingerprint density at radius 1 is 0.871 bits per heavy atom. The number of hydrogen-bond donors (Lipinski definition) is 0. The number of pyridine rings is 1. The second-order valence-corrected chi connectivity index (χ2v) is 8.18. The Kier molecular flexibility index (Phi) is 3.52. The molecule has 0 saturated heterocycles. The van der Waals surface area contributed by atoms with Crippen molar-refractivity contribution in [2.24, 2.45) is 14.1 Å². The first-order chi connectivity index (χ1) is 15.0. The quantitative estimate of drug-likeness (QED) is 0.394. The highest BCUT2D eigenvalue weighted by Gasteiger charge is 2.53. The number of carbonyl (C=O) groups excluding carboxylic acids is 1. The van der Waals surface area contributed by atoms with Crippen LogP contribution in [0.15, 0.2) is 73.1 Å². The second-order valence-electron chi connectivity index (χ2n) is 8.18. The Labute approximate surface area is 179 Å². The summed E-state index contributed by atoms with van der Waals surface area (Å²) in [5, 5.41) is 2.13. The molecule has 5 heteroatoms. The average molecular weight is 407 g/mol. The third kappa shape index (κ3) is 2.15. The van der Waals surface area contributed by atoms with Gasteiger partial charge in [-0.2, -0.15) is 0 Å². The van der Waals surface area contributed by atoms with Crippen molar-refractivity contribution in [2.45, 2.75) is 12.5 Å². The van der Waals surface area contributed by atoms with Crippen LogP contribution in [-0.2, 0) is 24.4 Å². The zero-order valence-electron chi connectivity index (χ0n) is 17.6. The summed E-state index contributed by atoms with van der Waals surface area (Å²) in [7, 11) is 4.08. The number of esters is 1. The van der Waals surface area contributed by atoms with Crippen LogP contribution in [-0.4, -0.2) is 20.1 Å². The van der Waals surface area contributed by atoms with E-state index in [1.54, 1.807) is 6.20 Å². The van der Waals surface area contributed by atoms with Gasteiger partial charge in [0.25, 0.3) is 0 Å². The second kappa shape index (κ2) is 6.08. The lowest BCUT2D eigenvalue weighted by molar-refractivity contribution is 0.0255. The van der Waals surface area contributed by atoms with Crippen LogP contribution in [0.1, 0.15) is 32.9 Å². The average Bonchev–Trinajstić information content (AvgIpc) is 3.38. The molecule has 5 nitrogen and oxygen atoms in total. The summed E-state index contributed by atoms with van der Waals surface area (Å²) in [6, 6.07) is 20.3. The lowest BCUT2D eigenvalue weighted by Gasteiger charge is -2.30. The van der Waals surface area contributed by atoms with E-state index in [0.717, 1.165) is 44.2 Å². The fourth-order valence-electron chi connectivity index (χ4n) is 5.20. The van der Waals surface area contributed by atoms with Gasteiger partial charge in [-0.15, -0.1) is 0 Å². The van der Waals surface area contributed by atoms with Gasteiger partial charge in [-0.1, -0.05) is 42.5 Å². The molecule has 4 heterocycles. The van der Waals surface area contributed by atoms with Gasteiger partial charge in [0.1, 0.15) is 0 Å². The molecule has 0 amide bonds. The highest BCUT2D eigenvalue weighted by molar-refractivity contribution is 5.99. The Hall–Kier alpha value is -3.86. The monoisotopic (exact) mass is 407 g/mol. The Bertz CT molecular complexity index is 1520. The molecule has 0 spiro atoms. The van der Waals surface area contributed by atoms with Crippen LogP contribution in [0.2, 0.25) is 0 Å². The zero-order chi connectivity index (χ0) is 21.3. The van der Waals surface area contributed by atoms with E-state index >= 15 is 0 Å². The number of aryl methyl sites for hydroxylation is 2. The van der Waals surface area contributed by atoms with Crippen molar-refractivity contribution in [3.63, 3.8) is 0 Å². The zero-order valence-corrected chi connectivity index (χ0v) is 17.6. The number of ether oxygens (including phenoxy) is 1. The van der Waals surface area contributed by atoms with Crippen LogP contribution in [0.4, 0.5) is 0 Å². The SMILES string of the molecule is Cc1c(C2(c3cn(C)c4ccccc34)OC(=O)c3ncccc32)c2ccccc2n1C. The molecule has 152 valence electrons. The van der Waals surface area contributed by atoms with Crippen LogP contribution in [0, 0.1) is 6.92 Å². The maximum absolute atomic E-state index is 13.1. The molecule has 5 aromatic rings. The number of benzene rings is 2. The first-order valence-corrected chi connectivity index (χ1v) is 10.3. The minimum atomic E-state index is -1.08. The molecular weight excluding hydrogens is 386 g/mol. The summed E-state index contributed by atoms with van der Waals surface area (Å²) in [4.78, 5) is 17.5. The van der Waals surface area contributed by atoms with Crippen molar-refractivity contribution in [1.82, 2.24) is 14.1 Å². The Morgan fingerprint density at radius 3 is 2.39 bits per heavy atom. The van der Waals surface area contributed by atoms with Crippen LogP contribution >= 0.6 is 0 Å². The Morgan fingerprint density at radius 2 is 1.58 bits per heavy atom. The maximum atomic E-state index is 13.1. The minimum Gasteiger partial charge on any atom is -0.439 e. The maximum Gasteiger partial charge on any atom is 0.358 e. The first-order valence-electron chi connectivity index (χ1n) is 10.3. The standard InChI is InChI=1S/C26H21N3O2/c1-16-23(18-10-5-7-13-22(18)29(16)3)26(19-11-8-14-27-24(19)25(30)31-26)20-15-28(2)21-12-6-4-9-17(20)21/h4-15H,1-3H3. The van der Waals surface area contributed by atoms with Crippen LogP contribution in [0.25, 0.3) is 21.8 Å². The molecular formula is C26H21N3O2. The molecule has 1 aliphatic heterocycles. The predicted octanol–water partition coefficient (Wildman–Crippen LogP) is 4.84. The first kappa shape index (κ1) is 18.0. The molecule has 0 radical (unpaired) electrons. The van der Waals surface area contributed by atoms with E-state index in [9.17, 15) is 4.79 Å². The highest BCUT2D eigenvalue weighted by Crippen LogP contribution is 2.52. The molecule has 0 aliphatic carbocycles. The third-order valence-corrected chi connectivity index (χ3v) is 6.65. The van der Waals surface area contributed by atoms with Crippen molar-refractivity contribution in [3.05, 3.63) is 101 Å². The van der Waals surface area contributed by atoms with Crippen molar-refractivity contribution in [1.29, 1.82) is 0 Å². The van der Waals surface area contributed by atoms with Gasteiger partial charge >= 0.3 is 5.97 Å². The van der Waals surface area contributed by atoms with Crippen LogP contribution in [0.3, 0.4) is 0 Å². The molecule has 0 bridgehead atoms. The number of nitrogens with zero attached hydrogens (tertiary/aromatic N) is 3. The number of rotatable bonds is 2. The molecule has 6 rings (SSSR count). The largest absolute Gasteiger partial charge is 0.439 e. The minimum absolute atomic E-state index is 0.378. The molecule has 2 aromatic carbocycles. The van der Waals surface area contributed by atoms with Gasteiger partial charge in [0.05, 0.1) is 0 Å². The van der Waals surface area contributed by atoms with Crippen molar-refractivity contribution >= 4 is 27.8 Å². The summed E-state index contributed by atoms with van der Waals surface area (Å²) in [5.74, 6) is -0.393. The summed E-state index contributed by atoms with van der Waals surface area (Å²) >= 11 is 0. The van der Waals surface area contributed by atoms with E-state index in [1.807, 2.05) is 43.4 Å². The van der Waals surface area contributed by atoms with Crippen molar-refractivity contribution in [2.75, 3.05) is 0 Å². The molecule has 1 aliphatic rings. The molecule has 0 fully saturated rings. The van der Waals surface area contributed by atoms with Gasteiger partial charge in [0, 0.05) is 70.7 Å². The summed E-state index contributed by atoms with van der Waals surface area (Å²) < 4.78 is 10.6. The number of hydrogen-bond acceptors (Lipinski definition) is 3. The van der Waals surface area contributed by atoms with Crippen molar-refractivity contribution < 1.29 is 9.53 Å². The van der Waals surface area contributed by atoms with Crippen LogP contribution in [0.5, 0.6) is 0 Å². The molecule has 0 saturated carbocycles. The topological polar surface area (TPSA) is 49.1 Å². The molecule has 0 N–H and O–H groups in total. The molecule has 1 unspecified atom stereocenters. The van der Waals surface area contributed by atoms with Crippen LogP contribution < -0.4 is 0 Å². The van der Waals surface area contributed by atoms with Gasteiger partial charge in [-0.05, 0) is 25.1 Å². The van der Waals surface area contributed by atoms with E-state index in [4.69, 9.17) is 4.74 Å². The number of cyclic esters (lactones) is 1. The fraction of sp³-hybridized carbons (Fsp3) is 0.154. The van der Waals surface area contributed by atoms with Gasteiger partial charge in [-0.25, -0.2) is 9.78 Å². The van der Waals surface area contributed by atoms with Gasteiger partial charge in [-0.3, -0.25) is 0 Å². The summed E-state index contributed by atoms with van der Waals surface area (Å²) in [6.45, 7) is 2.09. The van der Waals surface area contributed by atoms with E-state index < -0.39 is 11.6 Å². The lowest BCUT2D eigenvalue weighted by atomic mass is 9.79. The van der Waals surface area contributed by atoms with E-state index in [1.165, 1.54) is 0 Å². The summed E-state index contributed by atoms with van der Waals surface area (Å²) in [5.41, 5.74) is 5.27. The summed E-state index contributed by atoms with van der Waals surface area (Å²) in [6.07, 6.45) is 3.73. The van der Waals surface area contributed by atoms with E-state index in [2.05, 4.69) is 58.6 Å². The number of fused-ring (bicyclic) bond motifs is 3. The fourth-order valence-corrected chi connectivity index (χ4v) is 5.20. The lowest BCUT2D eigenvalue weighted by Crippen LogP contribution is -2.30. The van der Waals surface area contributed by atoms with Gasteiger partial charge in [0.2, 0.25) is 0 Å². The highest BCUT2D eigenvalue weighted by atomic mass is 16.6. The van der Waals surface area contributed by atoms with E-state index in [0.29, 0.717) is 5.69 Å². The smallest absolute Gasteiger partial charge is 0.358 e. The Balaban J connectivity index is 1.84. The molecule has 3 aromatic heterocycles. The molecule has 31 heavy (non-hydrogen) atoms. The predicted molar refractivity (Wildman–Crippen MR) is 120 cm³/mol. The molecule has 1 atom stereocenters. The number of aromatic nitrogens is 3. The normalized spacial score (nSPS) is 18.0. The van der Waals surface area contributed by atoms with E-state index in [-0.39, 0.29) is 0 Å². The van der Waals surface area contributed by atoms with Gasteiger partial charge < -0.3 is 13.9 Å². The third-order valence-electron chi connectivity index (χ3n) is 6.65. The number of para-hydroxylation sites is 2.